The number of nitrogens with one attached hydrogen (secondary N) is 1. The van der Waals surface area contributed by atoms with Crippen molar-refractivity contribution < 1.29 is 9.59 Å². The molecule has 4 heteroatoms. The molecule has 2 rings (SSSR count). The zero-order chi connectivity index (χ0) is 14.5. The van der Waals surface area contributed by atoms with E-state index in [2.05, 4.69) is 5.32 Å². The van der Waals surface area contributed by atoms with Crippen molar-refractivity contribution in [2.24, 2.45) is 0 Å². The highest BCUT2D eigenvalue weighted by molar-refractivity contribution is 6.01. The SMILES string of the molecule is CC(C)=CC(=O)N[C@H]1CCCN(c2ccccc2)C1=O. The highest BCUT2D eigenvalue weighted by Gasteiger charge is 2.30. The largest absolute Gasteiger partial charge is 0.341 e. The molecule has 0 aromatic heterocycles. The second-order valence-corrected chi connectivity index (χ2v) is 5.25. The molecule has 4 nitrogen and oxygen atoms in total. The molecule has 106 valence electrons. The number of benzene rings is 1. The van der Waals surface area contributed by atoms with Gasteiger partial charge >= 0.3 is 0 Å². The van der Waals surface area contributed by atoms with Gasteiger partial charge in [0.25, 0.3) is 0 Å². The molecule has 0 aliphatic carbocycles. The lowest BCUT2D eigenvalue weighted by molar-refractivity contribution is -0.126. The Morgan fingerprint density at radius 3 is 2.65 bits per heavy atom. The first-order valence-electron chi connectivity index (χ1n) is 6.90. The minimum Gasteiger partial charge on any atom is -0.341 e. The molecule has 1 heterocycles. The number of para-hydroxylation sites is 1. The first-order valence-corrected chi connectivity index (χ1v) is 6.90. The third-order valence-electron chi connectivity index (χ3n) is 3.24. The summed E-state index contributed by atoms with van der Waals surface area (Å²) in [6.07, 6.45) is 3.11. The Hall–Kier alpha value is -2.10. The van der Waals surface area contributed by atoms with Gasteiger partial charge in [-0.05, 0) is 38.8 Å². The van der Waals surface area contributed by atoms with Crippen molar-refractivity contribution >= 4 is 17.5 Å². The molecule has 0 radical (unpaired) electrons. The van der Waals surface area contributed by atoms with E-state index in [9.17, 15) is 9.59 Å². The Morgan fingerprint density at radius 2 is 2.00 bits per heavy atom. The van der Waals surface area contributed by atoms with E-state index in [1.54, 1.807) is 4.90 Å². The molecule has 1 saturated heterocycles. The Bertz CT molecular complexity index is 519. The van der Waals surface area contributed by atoms with E-state index in [0.717, 1.165) is 17.7 Å². The van der Waals surface area contributed by atoms with E-state index in [4.69, 9.17) is 0 Å². The second-order valence-electron chi connectivity index (χ2n) is 5.25. The van der Waals surface area contributed by atoms with Gasteiger partial charge in [-0.2, -0.15) is 0 Å². The molecule has 1 aliphatic heterocycles. The summed E-state index contributed by atoms with van der Waals surface area (Å²) in [4.78, 5) is 25.9. The van der Waals surface area contributed by atoms with Crippen molar-refractivity contribution in [2.75, 3.05) is 11.4 Å². The lowest BCUT2D eigenvalue weighted by Crippen LogP contribution is -2.52. The van der Waals surface area contributed by atoms with Crippen LogP contribution in [0.5, 0.6) is 0 Å². The number of carbonyl (C=O) groups excluding carboxylic acids is 2. The molecule has 20 heavy (non-hydrogen) atoms. The first-order chi connectivity index (χ1) is 9.58. The van der Waals surface area contributed by atoms with Gasteiger partial charge < -0.3 is 10.2 Å². The molecule has 2 amide bonds. The van der Waals surface area contributed by atoms with Crippen LogP contribution in [0, 0.1) is 0 Å². The zero-order valence-electron chi connectivity index (χ0n) is 11.9. The quantitative estimate of drug-likeness (QED) is 0.858. The summed E-state index contributed by atoms with van der Waals surface area (Å²) in [5, 5.41) is 2.79. The highest BCUT2D eigenvalue weighted by atomic mass is 16.2. The van der Waals surface area contributed by atoms with Gasteiger partial charge in [0.15, 0.2) is 0 Å². The van der Waals surface area contributed by atoms with Crippen LogP contribution in [-0.2, 0) is 9.59 Å². The van der Waals surface area contributed by atoms with Gasteiger partial charge in [-0.1, -0.05) is 23.8 Å². The van der Waals surface area contributed by atoms with Crippen molar-refractivity contribution in [1.82, 2.24) is 5.32 Å². The van der Waals surface area contributed by atoms with Crippen LogP contribution in [-0.4, -0.2) is 24.4 Å². The van der Waals surface area contributed by atoms with Crippen molar-refractivity contribution in [1.29, 1.82) is 0 Å². The monoisotopic (exact) mass is 272 g/mol. The molecule has 1 atom stereocenters. The summed E-state index contributed by atoms with van der Waals surface area (Å²) in [5.74, 6) is -0.226. The van der Waals surface area contributed by atoms with Gasteiger partial charge in [-0.25, -0.2) is 0 Å². The third-order valence-corrected chi connectivity index (χ3v) is 3.24. The van der Waals surface area contributed by atoms with Crippen LogP contribution in [0.1, 0.15) is 26.7 Å². The topological polar surface area (TPSA) is 49.4 Å². The van der Waals surface area contributed by atoms with Gasteiger partial charge in [0, 0.05) is 18.3 Å². The van der Waals surface area contributed by atoms with Crippen LogP contribution in [0.2, 0.25) is 0 Å². The van der Waals surface area contributed by atoms with Gasteiger partial charge in [0.2, 0.25) is 11.8 Å². The lowest BCUT2D eigenvalue weighted by atomic mass is 10.0. The molecular weight excluding hydrogens is 252 g/mol. The fourth-order valence-electron chi connectivity index (χ4n) is 2.35. The summed E-state index contributed by atoms with van der Waals surface area (Å²) in [7, 11) is 0. The predicted molar refractivity (Wildman–Crippen MR) is 79.4 cm³/mol. The standard InChI is InChI=1S/C16H20N2O2/c1-12(2)11-15(19)17-14-9-6-10-18(16(14)20)13-7-4-3-5-8-13/h3-5,7-8,11,14H,6,9-10H2,1-2H3,(H,17,19)/t14-/m0/s1. The third kappa shape index (κ3) is 3.47. The number of rotatable bonds is 3. The molecule has 0 bridgehead atoms. The molecule has 0 saturated carbocycles. The normalized spacial score (nSPS) is 18.6. The lowest BCUT2D eigenvalue weighted by Gasteiger charge is -2.32. The smallest absolute Gasteiger partial charge is 0.249 e. The van der Waals surface area contributed by atoms with E-state index >= 15 is 0 Å². The van der Waals surface area contributed by atoms with E-state index in [1.807, 2.05) is 44.2 Å². The van der Waals surface area contributed by atoms with Crippen molar-refractivity contribution in [3.05, 3.63) is 42.0 Å². The number of amides is 2. The van der Waals surface area contributed by atoms with Gasteiger partial charge in [-0.15, -0.1) is 0 Å². The van der Waals surface area contributed by atoms with E-state index in [1.165, 1.54) is 6.08 Å². The highest BCUT2D eigenvalue weighted by Crippen LogP contribution is 2.20. The first kappa shape index (κ1) is 14.3. The number of nitrogens with zero attached hydrogens (tertiary/aromatic N) is 1. The molecule has 0 spiro atoms. The minimum absolute atomic E-state index is 0.0297. The average Bonchev–Trinajstić information content (AvgIpc) is 2.41. The van der Waals surface area contributed by atoms with Gasteiger partial charge in [0.1, 0.15) is 6.04 Å². The van der Waals surface area contributed by atoms with Crippen LogP contribution in [0.3, 0.4) is 0 Å². The fraction of sp³-hybridized carbons (Fsp3) is 0.375. The average molecular weight is 272 g/mol. The maximum atomic E-state index is 12.4. The number of piperidine rings is 1. The number of allylic oxidation sites excluding steroid dienone is 1. The molecule has 1 aromatic carbocycles. The second kappa shape index (κ2) is 6.37. The summed E-state index contributed by atoms with van der Waals surface area (Å²) in [5.41, 5.74) is 1.81. The Labute approximate surface area is 119 Å². The summed E-state index contributed by atoms with van der Waals surface area (Å²) in [6, 6.07) is 9.15. The number of hydrogen-bond acceptors (Lipinski definition) is 2. The van der Waals surface area contributed by atoms with Crippen molar-refractivity contribution in [2.45, 2.75) is 32.7 Å². The van der Waals surface area contributed by atoms with Crippen molar-refractivity contribution in [3.8, 4) is 0 Å². The van der Waals surface area contributed by atoms with Crippen molar-refractivity contribution in [3.63, 3.8) is 0 Å². The number of hydrogen-bond donors (Lipinski definition) is 1. The van der Waals surface area contributed by atoms with Crippen LogP contribution in [0.15, 0.2) is 42.0 Å². The fourth-order valence-corrected chi connectivity index (χ4v) is 2.35. The zero-order valence-corrected chi connectivity index (χ0v) is 11.9. The van der Waals surface area contributed by atoms with E-state index < -0.39 is 6.04 Å². The molecule has 1 N–H and O–H groups in total. The predicted octanol–water partition coefficient (Wildman–Crippen LogP) is 2.26. The van der Waals surface area contributed by atoms with Gasteiger partial charge in [-0.3, -0.25) is 9.59 Å². The molecule has 1 fully saturated rings. The maximum absolute atomic E-state index is 12.4. The maximum Gasteiger partial charge on any atom is 0.249 e. The van der Waals surface area contributed by atoms with Crippen LogP contribution >= 0.6 is 0 Å². The van der Waals surface area contributed by atoms with Gasteiger partial charge in [0.05, 0.1) is 0 Å². The molecule has 1 aliphatic rings. The Morgan fingerprint density at radius 1 is 1.30 bits per heavy atom. The summed E-state index contributed by atoms with van der Waals surface area (Å²) < 4.78 is 0. The van der Waals surface area contributed by atoms with E-state index in [-0.39, 0.29) is 11.8 Å². The summed E-state index contributed by atoms with van der Waals surface area (Å²) >= 11 is 0. The number of carbonyl (C=O) groups is 2. The minimum atomic E-state index is -0.424. The van der Waals surface area contributed by atoms with Crippen LogP contribution < -0.4 is 10.2 Å². The van der Waals surface area contributed by atoms with E-state index in [0.29, 0.717) is 13.0 Å². The Kier molecular flexibility index (Phi) is 4.56. The van der Waals surface area contributed by atoms with Crippen LogP contribution in [0.4, 0.5) is 5.69 Å². The summed E-state index contributed by atoms with van der Waals surface area (Å²) in [6.45, 7) is 4.43. The number of anilines is 1. The van der Waals surface area contributed by atoms with Crippen LogP contribution in [0.25, 0.3) is 0 Å². The Balaban J connectivity index is 2.08. The molecular formula is C16H20N2O2. The molecule has 1 aromatic rings. The molecule has 0 unspecified atom stereocenters.